The smallest absolute Gasteiger partial charge is 0.340 e. The van der Waals surface area contributed by atoms with Crippen molar-refractivity contribution in [3.63, 3.8) is 0 Å². The van der Waals surface area contributed by atoms with Gasteiger partial charge in [-0.15, -0.1) is 0 Å². The zero-order valence-electron chi connectivity index (χ0n) is 17.8. The average molecular weight is 539 g/mol. The summed E-state index contributed by atoms with van der Waals surface area (Å²) in [7, 11) is 0. The number of fused-ring (bicyclic) bond motifs is 1. The molecular formula is C26H22INO4. The number of Topliss-reactive ketones (excluding diaryl/α,β-unsaturated/α-hetero) is 1. The lowest BCUT2D eigenvalue weighted by Crippen LogP contribution is -2.11. The number of nitrogens with zero attached hydrogens (tertiary/aromatic N) is 1. The van der Waals surface area contributed by atoms with E-state index in [0.717, 1.165) is 25.9 Å². The number of ether oxygens (including phenoxy) is 2. The van der Waals surface area contributed by atoms with Crippen molar-refractivity contribution in [1.82, 2.24) is 4.57 Å². The Morgan fingerprint density at radius 2 is 1.69 bits per heavy atom. The van der Waals surface area contributed by atoms with Crippen molar-refractivity contribution in [3.05, 3.63) is 93.2 Å². The maximum atomic E-state index is 12.8. The molecule has 0 aliphatic heterocycles. The fourth-order valence-corrected chi connectivity index (χ4v) is 4.09. The molecule has 1 aromatic heterocycles. The maximum Gasteiger partial charge on any atom is 0.340 e. The van der Waals surface area contributed by atoms with Gasteiger partial charge in [-0.05, 0) is 78.9 Å². The molecule has 0 spiro atoms. The number of hydrogen-bond acceptors (Lipinski definition) is 4. The van der Waals surface area contributed by atoms with E-state index < -0.39 is 0 Å². The van der Waals surface area contributed by atoms with Crippen LogP contribution in [0.1, 0.15) is 33.3 Å². The van der Waals surface area contributed by atoms with Crippen LogP contribution in [-0.4, -0.2) is 29.5 Å². The van der Waals surface area contributed by atoms with Gasteiger partial charge >= 0.3 is 5.97 Å². The van der Waals surface area contributed by atoms with Crippen LogP contribution < -0.4 is 4.74 Å². The molecule has 0 aliphatic carbocycles. The van der Waals surface area contributed by atoms with Gasteiger partial charge in [0.15, 0.2) is 12.4 Å². The van der Waals surface area contributed by atoms with Crippen molar-refractivity contribution in [1.29, 1.82) is 0 Å². The summed E-state index contributed by atoms with van der Waals surface area (Å²) in [5, 5.41) is 0.726. The molecule has 0 fully saturated rings. The number of hydrogen-bond donors (Lipinski definition) is 0. The molecule has 0 unspecified atom stereocenters. The van der Waals surface area contributed by atoms with Crippen LogP contribution >= 0.6 is 22.6 Å². The highest BCUT2D eigenvalue weighted by Crippen LogP contribution is 2.33. The molecule has 1 heterocycles. The fourth-order valence-electron chi connectivity index (χ4n) is 3.73. The second-order valence-corrected chi connectivity index (χ2v) is 8.50. The highest BCUT2D eigenvalue weighted by Gasteiger charge is 2.22. The van der Waals surface area contributed by atoms with Crippen LogP contribution in [0, 0.1) is 10.5 Å². The molecule has 0 saturated heterocycles. The summed E-state index contributed by atoms with van der Waals surface area (Å²) in [5.41, 5.74) is 3.71. The normalized spacial score (nSPS) is 10.8. The lowest BCUT2D eigenvalue weighted by molar-refractivity contribution is 0.0527. The quantitative estimate of drug-likeness (QED) is 0.165. The number of aromatic nitrogens is 1. The molecule has 0 N–H and O–H groups in total. The number of rotatable bonds is 7. The van der Waals surface area contributed by atoms with Crippen molar-refractivity contribution < 1.29 is 19.1 Å². The van der Waals surface area contributed by atoms with Crippen LogP contribution in [-0.2, 0) is 4.74 Å². The van der Waals surface area contributed by atoms with Gasteiger partial charge in [-0.1, -0.05) is 30.3 Å². The highest BCUT2D eigenvalue weighted by molar-refractivity contribution is 14.1. The first-order valence-corrected chi connectivity index (χ1v) is 11.4. The van der Waals surface area contributed by atoms with Gasteiger partial charge in [0.05, 0.1) is 17.7 Å². The Morgan fingerprint density at radius 1 is 0.969 bits per heavy atom. The minimum absolute atomic E-state index is 0.0823. The van der Waals surface area contributed by atoms with Crippen molar-refractivity contribution in [2.24, 2.45) is 0 Å². The molecule has 0 saturated carbocycles. The second-order valence-electron chi connectivity index (χ2n) is 7.25. The summed E-state index contributed by atoms with van der Waals surface area (Å²) in [5.74, 6) is 0.0350. The van der Waals surface area contributed by atoms with E-state index in [-0.39, 0.29) is 25.0 Å². The van der Waals surface area contributed by atoms with Crippen LogP contribution in [0.3, 0.4) is 0 Å². The third kappa shape index (κ3) is 4.41. The number of carbonyl (C=O) groups excluding carboxylic acids is 2. The predicted octanol–water partition coefficient (Wildman–Crippen LogP) is 5.98. The van der Waals surface area contributed by atoms with Gasteiger partial charge in [-0.25, -0.2) is 4.79 Å². The van der Waals surface area contributed by atoms with Crippen LogP contribution in [0.25, 0.3) is 16.6 Å². The van der Waals surface area contributed by atoms with Crippen molar-refractivity contribution in [2.45, 2.75) is 13.8 Å². The zero-order chi connectivity index (χ0) is 22.7. The maximum absolute atomic E-state index is 12.8. The molecule has 0 amide bonds. The zero-order valence-corrected chi connectivity index (χ0v) is 20.0. The highest BCUT2D eigenvalue weighted by atomic mass is 127. The molecular weight excluding hydrogens is 517 g/mol. The van der Waals surface area contributed by atoms with E-state index in [9.17, 15) is 9.59 Å². The summed E-state index contributed by atoms with van der Waals surface area (Å²) in [6, 6.07) is 22.6. The van der Waals surface area contributed by atoms with Crippen LogP contribution in [0.2, 0.25) is 0 Å². The molecule has 0 bridgehead atoms. The van der Waals surface area contributed by atoms with E-state index in [2.05, 4.69) is 22.6 Å². The lowest BCUT2D eigenvalue weighted by Gasteiger charge is -2.09. The largest absolute Gasteiger partial charge is 0.485 e. The molecule has 162 valence electrons. The van der Waals surface area contributed by atoms with Gasteiger partial charge in [0, 0.05) is 25.9 Å². The van der Waals surface area contributed by atoms with E-state index in [4.69, 9.17) is 9.47 Å². The SMILES string of the molecule is CCOC(=O)c1c(C)n(-c2ccc(I)cc2)c2ccc(OCC(=O)c3ccccc3)cc12. The Hall–Kier alpha value is -3.13. The van der Waals surface area contributed by atoms with E-state index >= 15 is 0 Å². The molecule has 5 nitrogen and oxygen atoms in total. The molecule has 3 aromatic carbocycles. The Morgan fingerprint density at radius 3 is 2.38 bits per heavy atom. The molecule has 32 heavy (non-hydrogen) atoms. The molecule has 4 aromatic rings. The predicted molar refractivity (Wildman–Crippen MR) is 133 cm³/mol. The Balaban J connectivity index is 1.74. The molecule has 4 rings (SSSR count). The lowest BCUT2D eigenvalue weighted by atomic mass is 10.1. The topological polar surface area (TPSA) is 57.5 Å². The summed E-state index contributed by atoms with van der Waals surface area (Å²) in [6.07, 6.45) is 0. The van der Waals surface area contributed by atoms with Crippen LogP contribution in [0.4, 0.5) is 0 Å². The minimum atomic E-state index is -0.378. The van der Waals surface area contributed by atoms with Crippen molar-refractivity contribution in [3.8, 4) is 11.4 Å². The number of esters is 1. The summed E-state index contributed by atoms with van der Waals surface area (Å²) in [6.45, 7) is 3.90. The molecule has 0 radical (unpaired) electrons. The third-order valence-electron chi connectivity index (χ3n) is 5.21. The van der Waals surface area contributed by atoms with Crippen LogP contribution in [0.5, 0.6) is 5.75 Å². The van der Waals surface area contributed by atoms with Gasteiger partial charge < -0.3 is 14.0 Å². The van der Waals surface area contributed by atoms with Gasteiger partial charge in [0.1, 0.15) is 5.75 Å². The standard InChI is InChI=1S/C26H22INO4/c1-3-31-26(30)25-17(2)28(20-11-9-19(27)10-12-20)23-14-13-21(15-22(23)25)32-16-24(29)18-7-5-4-6-8-18/h4-15H,3,16H2,1-2H3. The van der Waals surface area contributed by atoms with Crippen molar-refractivity contribution >= 4 is 45.2 Å². The van der Waals surface area contributed by atoms with E-state index in [1.54, 1.807) is 25.1 Å². The Bertz CT molecular complexity index is 1280. The summed E-state index contributed by atoms with van der Waals surface area (Å²) < 4.78 is 14.3. The van der Waals surface area contributed by atoms with Gasteiger partial charge in [0.25, 0.3) is 0 Å². The van der Waals surface area contributed by atoms with E-state index in [1.165, 1.54) is 0 Å². The minimum Gasteiger partial charge on any atom is -0.485 e. The van der Waals surface area contributed by atoms with Gasteiger partial charge in [-0.2, -0.15) is 0 Å². The van der Waals surface area contributed by atoms with Crippen LogP contribution in [0.15, 0.2) is 72.8 Å². The van der Waals surface area contributed by atoms with Gasteiger partial charge in [0.2, 0.25) is 0 Å². The second kappa shape index (κ2) is 9.56. The monoisotopic (exact) mass is 539 g/mol. The summed E-state index contributed by atoms with van der Waals surface area (Å²) >= 11 is 2.26. The third-order valence-corrected chi connectivity index (χ3v) is 5.92. The number of halogens is 1. The summed E-state index contributed by atoms with van der Waals surface area (Å²) in [4.78, 5) is 25.2. The van der Waals surface area contributed by atoms with E-state index in [1.807, 2.05) is 66.1 Å². The van der Waals surface area contributed by atoms with Crippen molar-refractivity contribution in [2.75, 3.05) is 13.2 Å². The first-order valence-electron chi connectivity index (χ1n) is 10.3. The number of benzene rings is 3. The Kier molecular flexibility index (Phi) is 6.60. The number of carbonyl (C=O) groups is 2. The average Bonchev–Trinajstić information content (AvgIpc) is 3.10. The molecule has 0 aliphatic rings. The fraction of sp³-hybridized carbons (Fsp3) is 0.154. The first kappa shape index (κ1) is 22.1. The molecule has 0 atom stereocenters. The number of ketones is 1. The molecule has 6 heteroatoms. The first-order chi connectivity index (χ1) is 15.5. The van der Waals surface area contributed by atoms with E-state index in [0.29, 0.717) is 16.9 Å². The Labute approximate surface area is 200 Å². The van der Waals surface area contributed by atoms with Gasteiger partial charge in [-0.3, -0.25) is 4.79 Å².